The number of fused-ring (bicyclic) bond motifs is 1. The normalized spacial score (nSPS) is 11.5. The zero-order chi connectivity index (χ0) is 24.4. The minimum Gasteiger partial charge on any atom is -0.431 e. The van der Waals surface area contributed by atoms with Gasteiger partial charge in [-0.2, -0.15) is 18.2 Å². The molecule has 5 rings (SSSR count). The number of aromatic amines is 1. The van der Waals surface area contributed by atoms with Crippen molar-refractivity contribution < 1.29 is 22.3 Å². The fraction of sp³-hybridized carbons (Fsp3) is 0.0909. The Morgan fingerprint density at radius 1 is 1.03 bits per heavy atom. The zero-order valence-electron chi connectivity index (χ0n) is 17.6. The minimum atomic E-state index is -4.57. The molecule has 5 aromatic rings. The molecule has 2 aromatic carbocycles. The number of hydrogen-bond acceptors (Lipinski definition) is 8. The molecule has 0 bridgehead atoms. The van der Waals surface area contributed by atoms with Gasteiger partial charge >= 0.3 is 12.2 Å². The Morgan fingerprint density at radius 2 is 1.80 bits per heavy atom. The van der Waals surface area contributed by atoms with E-state index in [0.29, 0.717) is 46.2 Å². The molecular formula is C22H15ClF3N7O2. The molecule has 3 aromatic heterocycles. The van der Waals surface area contributed by atoms with Gasteiger partial charge < -0.3 is 24.8 Å². The summed E-state index contributed by atoms with van der Waals surface area (Å²) in [7, 11) is 0. The van der Waals surface area contributed by atoms with Crippen LogP contribution in [0.4, 0.5) is 30.8 Å². The SMILES string of the molecule is FC(F)(F)c1coc(Nc2ccc3nc(NCc4ccc(Oc5ncc(Cl)cn5)cc4)[nH]c3c2)n1. The molecule has 3 N–H and O–H groups in total. The third-order valence-corrected chi connectivity index (χ3v) is 4.91. The van der Waals surface area contributed by atoms with E-state index in [1.807, 2.05) is 12.1 Å². The number of anilines is 3. The third-order valence-electron chi connectivity index (χ3n) is 4.72. The topological polar surface area (TPSA) is 114 Å². The van der Waals surface area contributed by atoms with E-state index >= 15 is 0 Å². The number of alkyl halides is 3. The smallest absolute Gasteiger partial charge is 0.431 e. The summed E-state index contributed by atoms with van der Waals surface area (Å²) in [5.74, 6) is 1.11. The lowest BCUT2D eigenvalue weighted by Gasteiger charge is -2.06. The highest BCUT2D eigenvalue weighted by atomic mass is 35.5. The van der Waals surface area contributed by atoms with Gasteiger partial charge in [-0.3, -0.25) is 0 Å². The fourth-order valence-corrected chi connectivity index (χ4v) is 3.17. The molecule has 3 heterocycles. The van der Waals surface area contributed by atoms with Gasteiger partial charge in [0.25, 0.3) is 6.01 Å². The number of nitrogens with zero attached hydrogens (tertiary/aromatic N) is 4. The van der Waals surface area contributed by atoms with Crippen LogP contribution in [0.5, 0.6) is 11.8 Å². The molecule has 0 radical (unpaired) electrons. The Hall–Kier alpha value is -4.32. The van der Waals surface area contributed by atoms with Crippen molar-refractivity contribution in [3.05, 3.63) is 77.4 Å². The van der Waals surface area contributed by atoms with Crippen LogP contribution in [0.1, 0.15) is 11.3 Å². The lowest BCUT2D eigenvalue weighted by Crippen LogP contribution is -2.05. The molecule has 178 valence electrons. The third kappa shape index (κ3) is 5.44. The summed E-state index contributed by atoms with van der Waals surface area (Å²) in [5.41, 5.74) is 1.71. The van der Waals surface area contributed by atoms with Crippen LogP contribution in [-0.4, -0.2) is 24.9 Å². The average Bonchev–Trinajstić information content (AvgIpc) is 3.47. The van der Waals surface area contributed by atoms with Gasteiger partial charge in [-0.1, -0.05) is 23.7 Å². The average molecular weight is 502 g/mol. The lowest BCUT2D eigenvalue weighted by atomic mass is 10.2. The van der Waals surface area contributed by atoms with E-state index in [-0.39, 0.29) is 12.0 Å². The largest absolute Gasteiger partial charge is 0.436 e. The monoisotopic (exact) mass is 501 g/mol. The number of benzene rings is 2. The highest BCUT2D eigenvalue weighted by Gasteiger charge is 2.34. The number of hydrogen-bond donors (Lipinski definition) is 3. The first kappa shape index (κ1) is 22.5. The molecule has 9 nitrogen and oxygen atoms in total. The minimum absolute atomic E-state index is 0.194. The first-order valence-electron chi connectivity index (χ1n) is 10.1. The van der Waals surface area contributed by atoms with Crippen LogP contribution in [0.2, 0.25) is 5.02 Å². The molecule has 0 saturated heterocycles. The number of oxazole rings is 1. The van der Waals surface area contributed by atoms with Crippen LogP contribution in [0.15, 0.2) is 65.5 Å². The predicted molar refractivity (Wildman–Crippen MR) is 122 cm³/mol. The van der Waals surface area contributed by atoms with Gasteiger partial charge in [0.2, 0.25) is 5.95 Å². The Balaban J connectivity index is 1.20. The molecule has 13 heteroatoms. The number of rotatable bonds is 7. The van der Waals surface area contributed by atoms with Crippen LogP contribution >= 0.6 is 11.6 Å². The lowest BCUT2D eigenvalue weighted by molar-refractivity contribution is -0.141. The highest BCUT2D eigenvalue weighted by molar-refractivity contribution is 6.30. The number of imidazole rings is 1. The Labute approximate surface area is 200 Å². The van der Waals surface area contributed by atoms with Crippen LogP contribution in [0, 0.1) is 0 Å². The summed E-state index contributed by atoms with van der Waals surface area (Å²) in [6.45, 7) is 0.485. The van der Waals surface area contributed by atoms with Crippen LogP contribution in [0.3, 0.4) is 0 Å². The van der Waals surface area contributed by atoms with Crippen molar-refractivity contribution in [1.29, 1.82) is 0 Å². The molecule has 0 aliphatic heterocycles. The molecule has 0 spiro atoms. The quantitative estimate of drug-likeness (QED) is 0.243. The van der Waals surface area contributed by atoms with Crippen molar-refractivity contribution in [3.8, 4) is 11.8 Å². The Kier molecular flexibility index (Phi) is 5.87. The van der Waals surface area contributed by atoms with Gasteiger partial charge in [0, 0.05) is 12.2 Å². The first-order valence-corrected chi connectivity index (χ1v) is 10.5. The summed E-state index contributed by atoms with van der Waals surface area (Å²) in [6, 6.07) is 12.4. The Bertz CT molecular complexity index is 1450. The van der Waals surface area contributed by atoms with E-state index in [2.05, 4.69) is 35.6 Å². The molecule has 0 aliphatic rings. The van der Waals surface area contributed by atoms with Crippen LogP contribution in [0.25, 0.3) is 11.0 Å². The van der Waals surface area contributed by atoms with E-state index in [9.17, 15) is 13.2 Å². The molecule has 0 saturated carbocycles. The van der Waals surface area contributed by atoms with Gasteiger partial charge in [-0.15, -0.1) is 0 Å². The summed E-state index contributed by atoms with van der Waals surface area (Å²) >= 11 is 5.76. The van der Waals surface area contributed by atoms with Crippen LogP contribution < -0.4 is 15.4 Å². The van der Waals surface area contributed by atoms with Crippen molar-refractivity contribution in [1.82, 2.24) is 24.9 Å². The molecule has 0 amide bonds. The van der Waals surface area contributed by atoms with Gasteiger partial charge in [0.05, 0.1) is 28.4 Å². The zero-order valence-corrected chi connectivity index (χ0v) is 18.4. The maximum absolute atomic E-state index is 12.7. The second-order valence-electron chi connectivity index (χ2n) is 7.26. The van der Waals surface area contributed by atoms with Crippen molar-refractivity contribution in [3.63, 3.8) is 0 Å². The van der Waals surface area contributed by atoms with Crippen LogP contribution in [-0.2, 0) is 12.7 Å². The predicted octanol–water partition coefficient (Wildman–Crippen LogP) is 6.16. The number of halogens is 4. The van der Waals surface area contributed by atoms with Gasteiger partial charge in [-0.25, -0.2) is 15.0 Å². The summed E-state index contributed by atoms with van der Waals surface area (Å²) in [5, 5.41) is 6.32. The van der Waals surface area contributed by atoms with Gasteiger partial charge in [0.15, 0.2) is 5.69 Å². The Morgan fingerprint density at radius 3 is 2.51 bits per heavy atom. The number of aromatic nitrogens is 5. The molecule has 0 unspecified atom stereocenters. The summed E-state index contributed by atoms with van der Waals surface area (Å²) < 4.78 is 48.5. The molecule has 35 heavy (non-hydrogen) atoms. The van der Waals surface area contributed by atoms with Crippen molar-refractivity contribution >= 4 is 40.3 Å². The summed E-state index contributed by atoms with van der Waals surface area (Å²) in [4.78, 5) is 18.9. The van der Waals surface area contributed by atoms with E-state index < -0.39 is 11.9 Å². The van der Waals surface area contributed by atoms with E-state index in [1.165, 1.54) is 12.4 Å². The highest BCUT2D eigenvalue weighted by Crippen LogP contribution is 2.30. The maximum atomic E-state index is 12.7. The van der Waals surface area contributed by atoms with Crippen molar-refractivity contribution in [2.45, 2.75) is 12.7 Å². The van der Waals surface area contributed by atoms with Gasteiger partial charge in [0.1, 0.15) is 12.0 Å². The standard InChI is InChI=1S/C22H15ClF3N7O2/c23-13-9-28-20(29-10-13)35-15-4-1-12(2-5-15)8-27-19-31-16-6-3-14(7-17(16)32-19)30-21-33-18(11-34-21)22(24,25)26/h1-7,9-11H,8H2,(H,30,33)(H2,27,31,32). The van der Waals surface area contributed by atoms with E-state index in [1.54, 1.807) is 30.3 Å². The van der Waals surface area contributed by atoms with Gasteiger partial charge in [-0.05, 0) is 35.9 Å². The molecular weight excluding hydrogens is 487 g/mol. The molecule has 0 atom stereocenters. The maximum Gasteiger partial charge on any atom is 0.436 e. The number of nitrogens with one attached hydrogen (secondary N) is 3. The second kappa shape index (κ2) is 9.14. The number of ether oxygens (including phenoxy) is 1. The second-order valence-corrected chi connectivity index (χ2v) is 7.70. The summed E-state index contributed by atoms with van der Waals surface area (Å²) in [6.07, 6.45) is -1.11. The molecule has 0 aliphatic carbocycles. The van der Waals surface area contributed by atoms with E-state index in [4.69, 9.17) is 20.8 Å². The van der Waals surface area contributed by atoms with E-state index in [0.717, 1.165) is 5.56 Å². The number of H-pyrrole nitrogens is 1. The van der Waals surface area contributed by atoms with Crippen molar-refractivity contribution in [2.75, 3.05) is 10.6 Å². The fourth-order valence-electron chi connectivity index (χ4n) is 3.08. The first-order chi connectivity index (χ1) is 16.8. The molecule has 0 fully saturated rings. The van der Waals surface area contributed by atoms with Crippen molar-refractivity contribution in [2.24, 2.45) is 0 Å².